The zero-order chi connectivity index (χ0) is 15.0. The standard InChI is InChI=1S/C19H19NO/c1-12-9-14(3)18(10-13(12)2)19(21)17-6-4-5-15-11-20-8-7-16(15)17/h4-11,19,21H,1-3H3. The maximum absolute atomic E-state index is 10.9. The van der Waals surface area contributed by atoms with Crippen molar-refractivity contribution >= 4 is 10.8 Å². The van der Waals surface area contributed by atoms with E-state index in [-0.39, 0.29) is 0 Å². The number of aliphatic hydroxyl groups excluding tert-OH is 1. The van der Waals surface area contributed by atoms with Gasteiger partial charge >= 0.3 is 0 Å². The first-order chi connectivity index (χ1) is 10.1. The van der Waals surface area contributed by atoms with Crippen LogP contribution >= 0.6 is 0 Å². The average molecular weight is 277 g/mol. The number of benzene rings is 2. The van der Waals surface area contributed by atoms with Crippen LogP contribution in [0.15, 0.2) is 48.8 Å². The first-order valence-corrected chi connectivity index (χ1v) is 7.16. The highest BCUT2D eigenvalue weighted by molar-refractivity contribution is 5.85. The van der Waals surface area contributed by atoms with Gasteiger partial charge in [-0.3, -0.25) is 4.98 Å². The van der Waals surface area contributed by atoms with E-state index in [4.69, 9.17) is 0 Å². The third kappa shape index (κ3) is 2.43. The maximum Gasteiger partial charge on any atom is 0.105 e. The number of hydrogen-bond donors (Lipinski definition) is 1. The number of hydrogen-bond acceptors (Lipinski definition) is 2. The molecule has 3 rings (SSSR count). The van der Waals surface area contributed by atoms with Gasteiger partial charge in [0.05, 0.1) is 0 Å². The van der Waals surface area contributed by atoms with E-state index in [1.54, 1.807) is 6.20 Å². The highest BCUT2D eigenvalue weighted by atomic mass is 16.3. The molecular formula is C19H19NO. The van der Waals surface area contributed by atoms with Gasteiger partial charge in [-0.15, -0.1) is 0 Å². The summed E-state index contributed by atoms with van der Waals surface area (Å²) < 4.78 is 0. The molecule has 2 nitrogen and oxygen atoms in total. The second-order valence-electron chi connectivity index (χ2n) is 5.64. The first kappa shape index (κ1) is 13.8. The number of aromatic nitrogens is 1. The lowest BCUT2D eigenvalue weighted by molar-refractivity contribution is 0.221. The van der Waals surface area contributed by atoms with Crippen LogP contribution in [0.3, 0.4) is 0 Å². The summed E-state index contributed by atoms with van der Waals surface area (Å²) in [5.41, 5.74) is 5.49. The Morgan fingerprint density at radius 3 is 2.48 bits per heavy atom. The molecule has 0 saturated carbocycles. The van der Waals surface area contributed by atoms with E-state index < -0.39 is 6.10 Å². The molecule has 21 heavy (non-hydrogen) atoms. The van der Waals surface area contributed by atoms with Crippen LogP contribution in [0, 0.1) is 20.8 Å². The Labute approximate surface area is 125 Å². The van der Waals surface area contributed by atoms with E-state index in [0.29, 0.717) is 0 Å². The Morgan fingerprint density at radius 2 is 1.67 bits per heavy atom. The summed E-state index contributed by atoms with van der Waals surface area (Å²) in [6.07, 6.45) is 2.99. The third-order valence-electron chi connectivity index (χ3n) is 4.19. The summed E-state index contributed by atoms with van der Waals surface area (Å²) in [5.74, 6) is 0. The lowest BCUT2D eigenvalue weighted by atomic mass is 9.91. The van der Waals surface area contributed by atoms with Gasteiger partial charge in [0.1, 0.15) is 6.10 Å². The molecule has 106 valence electrons. The first-order valence-electron chi connectivity index (χ1n) is 7.16. The van der Waals surface area contributed by atoms with Crippen LogP contribution in [0.2, 0.25) is 0 Å². The summed E-state index contributed by atoms with van der Waals surface area (Å²) >= 11 is 0. The molecule has 1 aromatic heterocycles. The predicted octanol–water partition coefficient (Wildman–Crippen LogP) is 4.24. The second-order valence-corrected chi connectivity index (χ2v) is 5.64. The SMILES string of the molecule is Cc1cc(C)c(C(O)c2cccc3cnccc23)cc1C. The molecule has 0 amide bonds. The summed E-state index contributed by atoms with van der Waals surface area (Å²) in [4.78, 5) is 4.15. The number of fused-ring (bicyclic) bond motifs is 1. The fourth-order valence-electron chi connectivity index (χ4n) is 2.83. The highest BCUT2D eigenvalue weighted by Gasteiger charge is 2.16. The van der Waals surface area contributed by atoms with Gasteiger partial charge in [-0.2, -0.15) is 0 Å². The topological polar surface area (TPSA) is 33.1 Å². The van der Waals surface area contributed by atoms with Crippen molar-refractivity contribution in [1.82, 2.24) is 4.98 Å². The van der Waals surface area contributed by atoms with Crippen LogP contribution in [0.1, 0.15) is 33.9 Å². The fourth-order valence-corrected chi connectivity index (χ4v) is 2.83. The zero-order valence-corrected chi connectivity index (χ0v) is 12.6. The van der Waals surface area contributed by atoms with Crippen molar-refractivity contribution < 1.29 is 5.11 Å². The zero-order valence-electron chi connectivity index (χ0n) is 12.6. The Morgan fingerprint density at radius 1 is 0.905 bits per heavy atom. The molecule has 0 radical (unpaired) electrons. The second kappa shape index (κ2) is 5.30. The highest BCUT2D eigenvalue weighted by Crippen LogP contribution is 2.31. The van der Waals surface area contributed by atoms with Crippen molar-refractivity contribution in [2.75, 3.05) is 0 Å². The third-order valence-corrected chi connectivity index (χ3v) is 4.19. The van der Waals surface area contributed by atoms with E-state index in [2.05, 4.69) is 37.9 Å². The summed E-state index contributed by atoms with van der Waals surface area (Å²) in [7, 11) is 0. The molecule has 0 aliphatic heterocycles. The molecule has 1 atom stereocenters. The van der Waals surface area contributed by atoms with Gasteiger partial charge in [0.15, 0.2) is 0 Å². The largest absolute Gasteiger partial charge is 0.384 e. The smallest absolute Gasteiger partial charge is 0.105 e. The van der Waals surface area contributed by atoms with Gasteiger partial charge in [-0.1, -0.05) is 30.3 Å². The van der Waals surface area contributed by atoms with Crippen molar-refractivity contribution in [3.05, 3.63) is 76.6 Å². The normalized spacial score (nSPS) is 12.6. The molecule has 1 N–H and O–H groups in total. The lowest BCUT2D eigenvalue weighted by Crippen LogP contribution is -2.04. The van der Waals surface area contributed by atoms with Gasteiger partial charge in [-0.05, 0) is 60.0 Å². The van der Waals surface area contributed by atoms with Crippen molar-refractivity contribution in [3.8, 4) is 0 Å². The molecule has 0 aliphatic carbocycles. The monoisotopic (exact) mass is 277 g/mol. The van der Waals surface area contributed by atoms with Crippen LogP contribution in [0.25, 0.3) is 10.8 Å². The summed E-state index contributed by atoms with van der Waals surface area (Å²) in [6.45, 7) is 6.23. The number of aryl methyl sites for hydroxylation is 3. The maximum atomic E-state index is 10.9. The average Bonchev–Trinajstić information content (AvgIpc) is 2.49. The Hall–Kier alpha value is -2.19. The van der Waals surface area contributed by atoms with E-state index in [1.807, 2.05) is 30.5 Å². The van der Waals surface area contributed by atoms with Crippen LogP contribution in [0.5, 0.6) is 0 Å². The summed E-state index contributed by atoms with van der Waals surface area (Å²) in [6, 6.07) is 12.2. The van der Waals surface area contributed by atoms with Gasteiger partial charge in [0.2, 0.25) is 0 Å². The number of rotatable bonds is 2. The van der Waals surface area contributed by atoms with Crippen LogP contribution in [0.4, 0.5) is 0 Å². The molecule has 0 fully saturated rings. The number of aliphatic hydroxyl groups is 1. The van der Waals surface area contributed by atoms with E-state index >= 15 is 0 Å². The minimum Gasteiger partial charge on any atom is -0.384 e. The van der Waals surface area contributed by atoms with Gasteiger partial charge in [0, 0.05) is 17.8 Å². The fraction of sp³-hybridized carbons (Fsp3) is 0.211. The van der Waals surface area contributed by atoms with E-state index in [0.717, 1.165) is 27.5 Å². The molecule has 0 saturated heterocycles. The molecule has 0 bridgehead atoms. The molecule has 2 aromatic carbocycles. The molecule has 3 aromatic rings. The van der Waals surface area contributed by atoms with Gasteiger partial charge in [-0.25, -0.2) is 0 Å². The van der Waals surface area contributed by atoms with Crippen LogP contribution < -0.4 is 0 Å². The van der Waals surface area contributed by atoms with Crippen LogP contribution in [-0.4, -0.2) is 10.1 Å². The van der Waals surface area contributed by atoms with Crippen LogP contribution in [-0.2, 0) is 0 Å². The number of pyridine rings is 1. The Kier molecular flexibility index (Phi) is 3.48. The van der Waals surface area contributed by atoms with Crippen molar-refractivity contribution in [2.24, 2.45) is 0 Å². The Balaban J connectivity index is 2.17. The molecule has 1 unspecified atom stereocenters. The van der Waals surface area contributed by atoms with E-state index in [9.17, 15) is 5.11 Å². The minimum absolute atomic E-state index is 0.615. The molecular weight excluding hydrogens is 258 g/mol. The van der Waals surface area contributed by atoms with Crippen molar-refractivity contribution in [2.45, 2.75) is 26.9 Å². The molecule has 0 spiro atoms. The predicted molar refractivity (Wildman–Crippen MR) is 86.5 cm³/mol. The van der Waals surface area contributed by atoms with E-state index in [1.165, 1.54) is 11.1 Å². The van der Waals surface area contributed by atoms with Crippen molar-refractivity contribution in [1.29, 1.82) is 0 Å². The molecule has 2 heteroatoms. The lowest BCUT2D eigenvalue weighted by Gasteiger charge is -2.18. The quantitative estimate of drug-likeness (QED) is 0.760. The molecule has 0 aliphatic rings. The number of nitrogens with zero attached hydrogens (tertiary/aromatic N) is 1. The molecule has 1 heterocycles. The van der Waals surface area contributed by atoms with Crippen molar-refractivity contribution in [3.63, 3.8) is 0 Å². The Bertz CT molecular complexity index is 803. The van der Waals surface area contributed by atoms with Gasteiger partial charge in [0.25, 0.3) is 0 Å². The summed E-state index contributed by atoms with van der Waals surface area (Å²) in [5, 5.41) is 13.0. The van der Waals surface area contributed by atoms with Gasteiger partial charge < -0.3 is 5.11 Å². The minimum atomic E-state index is -0.615.